The highest BCUT2D eigenvalue weighted by Crippen LogP contribution is 2.14. The Kier molecular flexibility index (Phi) is 11.1. The molecular formula is C12H21Cl. The molecular weight excluding hydrogens is 180 g/mol. The Balaban J connectivity index is 0. The van der Waals surface area contributed by atoms with E-state index in [2.05, 4.69) is 13.0 Å². The van der Waals surface area contributed by atoms with E-state index < -0.39 is 0 Å². The van der Waals surface area contributed by atoms with E-state index in [1.807, 2.05) is 46.8 Å². The van der Waals surface area contributed by atoms with Gasteiger partial charge in [-0.2, -0.15) is 0 Å². The van der Waals surface area contributed by atoms with E-state index in [1.165, 1.54) is 5.56 Å². The monoisotopic (exact) mass is 200 g/mol. The van der Waals surface area contributed by atoms with Gasteiger partial charge in [0.25, 0.3) is 0 Å². The van der Waals surface area contributed by atoms with Crippen molar-refractivity contribution in [3.05, 3.63) is 34.3 Å². The topological polar surface area (TPSA) is 0 Å². The van der Waals surface area contributed by atoms with E-state index >= 15 is 0 Å². The van der Waals surface area contributed by atoms with Gasteiger partial charge in [0.2, 0.25) is 0 Å². The molecule has 0 aliphatic heterocycles. The van der Waals surface area contributed by atoms with Gasteiger partial charge in [-0.3, -0.25) is 0 Å². The highest BCUT2D eigenvalue weighted by molar-refractivity contribution is 6.31. The molecule has 76 valence electrons. The van der Waals surface area contributed by atoms with Crippen molar-refractivity contribution in [1.29, 1.82) is 0 Å². The van der Waals surface area contributed by atoms with Crippen LogP contribution in [0.4, 0.5) is 0 Å². The van der Waals surface area contributed by atoms with Crippen molar-refractivity contribution in [2.75, 3.05) is 0 Å². The zero-order valence-electron chi connectivity index (χ0n) is 9.61. The Hall–Kier alpha value is -0.490. The first-order valence-electron chi connectivity index (χ1n) is 4.93. The van der Waals surface area contributed by atoms with Gasteiger partial charge in [-0.05, 0) is 25.5 Å². The summed E-state index contributed by atoms with van der Waals surface area (Å²) >= 11 is 5.78. The normalized spacial score (nSPS) is 7.62. The van der Waals surface area contributed by atoms with E-state index in [0.717, 1.165) is 10.6 Å². The van der Waals surface area contributed by atoms with Crippen LogP contribution in [-0.4, -0.2) is 0 Å². The molecule has 0 radical (unpaired) electrons. The fraction of sp³-hybridized carbons (Fsp3) is 0.500. The third-order valence-electron chi connectivity index (χ3n) is 1.31. The van der Waals surface area contributed by atoms with Crippen LogP contribution in [0.25, 0.3) is 0 Å². The SMILES string of the molecule is CC.CC.Cc1ccc(Cl)c(C)c1. The molecule has 0 saturated heterocycles. The average molecular weight is 201 g/mol. The molecule has 0 saturated carbocycles. The minimum atomic E-state index is 0.848. The molecule has 0 N–H and O–H groups in total. The number of hydrogen-bond donors (Lipinski definition) is 0. The molecule has 1 aromatic carbocycles. The van der Waals surface area contributed by atoms with Crippen LogP contribution in [0.3, 0.4) is 0 Å². The van der Waals surface area contributed by atoms with Crippen LogP contribution in [-0.2, 0) is 0 Å². The zero-order chi connectivity index (χ0) is 10.9. The smallest absolute Gasteiger partial charge is 0.0435 e. The van der Waals surface area contributed by atoms with Gasteiger partial charge in [-0.25, -0.2) is 0 Å². The maximum Gasteiger partial charge on any atom is 0.0435 e. The molecule has 1 rings (SSSR count). The molecule has 0 spiro atoms. The fourth-order valence-electron chi connectivity index (χ4n) is 0.795. The maximum absolute atomic E-state index is 5.78. The number of benzene rings is 1. The van der Waals surface area contributed by atoms with Crippen LogP contribution in [0, 0.1) is 13.8 Å². The van der Waals surface area contributed by atoms with E-state index in [9.17, 15) is 0 Å². The first-order chi connectivity index (χ1) is 6.20. The number of aryl methyl sites for hydroxylation is 2. The van der Waals surface area contributed by atoms with Crippen molar-refractivity contribution in [2.24, 2.45) is 0 Å². The molecule has 0 atom stereocenters. The van der Waals surface area contributed by atoms with Gasteiger partial charge >= 0.3 is 0 Å². The van der Waals surface area contributed by atoms with Crippen LogP contribution in [0.1, 0.15) is 38.8 Å². The standard InChI is InChI=1S/C8H9Cl.2C2H6/c1-6-3-4-8(9)7(2)5-6;2*1-2/h3-5H,1-2H3;2*1-2H3. The van der Waals surface area contributed by atoms with Gasteiger partial charge in [0.1, 0.15) is 0 Å². The highest BCUT2D eigenvalue weighted by atomic mass is 35.5. The van der Waals surface area contributed by atoms with E-state index in [4.69, 9.17) is 11.6 Å². The van der Waals surface area contributed by atoms with Crippen molar-refractivity contribution in [2.45, 2.75) is 41.5 Å². The molecule has 0 nitrogen and oxygen atoms in total. The largest absolute Gasteiger partial charge is 0.0841 e. The van der Waals surface area contributed by atoms with Gasteiger partial charge in [0, 0.05) is 5.02 Å². The Morgan fingerprint density at radius 3 is 1.69 bits per heavy atom. The lowest BCUT2D eigenvalue weighted by Crippen LogP contribution is -1.75. The minimum absolute atomic E-state index is 0.848. The number of halogens is 1. The molecule has 0 aliphatic rings. The summed E-state index contributed by atoms with van der Waals surface area (Å²) < 4.78 is 0. The first-order valence-corrected chi connectivity index (χ1v) is 5.30. The van der Waals surface area contributed by atoms with E-state index in [0.29, 0.717) is 0 Å². The van der Waals surface area contributed by atoms with Gasteiger partial charge in [0.15, 0.2) is 0 Å². The summed E-state index contributed by atoms with van der Waals surface area (Å²) in [5.74, 6) is 0. The molecule has 0 fully saturated rings. The molecule has 1 heteroatoms. The predicted octanol–water partition coefficient (Wildman–Crippen LogP) is 5.01. The molecule has 0 unspecified atom stereocenters. The molecule has 1 aromatic rings. The lowest BCUT2D eigenvalue weighted by atomic mass is 10.2. The maximum atomic E-state index is 5.78. The summed E-state index contributed by atoms with van der Waals surface area (Å²) in [5.41, 5.74) is 2.41. The second-order valence-electron chi connectivity index (χ2n) is 2.25. The number of hydrogen-bond acceptors (Lipinski definition) is 0. The van der Waals surface area contributed by atoms with Gasteiger partial charge in [-0.15, -0.1) is 0 Å². The summed E-state index contributed by atoms with van der Waals surface area (Å²) in [6.45, 7) is 12.1. The lowest BCUT2D eigenvalue weighted by Gasteiger charge is -1.96. The van der Waals surface area contributed by atoms with Gasteiger partial charge < -0.3 is 0 Å². The fourth-order valence-corrected chi connectivity index (χ4v) is 0.912. The third kappa shape index (κ3) is 6.65. The molecule has 0 aromatic heterocycles. The van der Waals surface area contributed by atoms with Crippen molar-refractivity contribution in [3.8, 4) is 0 Å². The van der Waals surface area contributed by atoms with E-state index in [-0.39, 0.29) is 0 Å². The van der Waals surface area contributed by atoms with Gasteiger partial charge in [0.05, 0.1) is 0 Å². The minimum Gasteiger partial charge on any atom is -0.0841 e. The van der Waals surface area contributed by atoms with Crippen LogP contribution in [0.2, 0.25) is 5.02 Å². The Labute approximate surface area is 87.9 Å². The number of rotatable bonds is 0. The first kappa shape index (κ1) is 15.0. The van der Waals surface area contributed by atoms with Crippen molar-refractivity contribution < 1.29 is 0 Å². The second-order valence-corrected chi connectivity index (χ2v) is 2.66. The lowest BCUT2D eigenvalue weighted by molar-refractivity contribution is 1.39. The Morgan fingerprint density at radius 2 is 1.38 bits per heavy atom. The second kappa shape index (κ2) is 9.60. The Bertz CT molecular complexity index is 216. The predicted molar refractivity (Wildman–Crippen MR) is 63.6 cm³/mol. The summed E-state index contributed by atoms with van der Waals surface area (Å²) in [4.78, 5) is 0. The quantitative estimate of drug-likeness (QED) is 0.553. The Morgan fingerprint density at radius 1 is 0.923 bits per heavy atom. The molecule has 0 heterocycles. The van der Waals surface area contributed by atoms with Crippen molar-refractivity contribution in [3.63, 3.8) is 0 Å². The average Bonchev–Trinajstić information content (AvgIpc) is 2.18. The molecule has 0 amide bonds. The third-order valence-corrected chi connectivity index (χ3v) is 1.74. The van der Waals surface area contributed by atoms with Crippen LogP contribution >= 0.6 is 11.6 Å². The van der Waals surface area contributed by atoms with Gasteiger partial charge in [-0.1, -0.05) is 57.0 Å². The highest BCUT2D eigenvalue weighted by Gasteiger charge is 1.91. The summed E-state index contributed by atoms with van der Waals surface area (Å²) in [7, 11) is 0. The summed E-state index contributed by atoms with van der Waals surface area (Å²) in [5, 5.41) is 0.848. The van der Waals surface area contributed by atoms with Crippen LogP contribution in [0.15, 0.2) is 18.2 Å². The molecule has 0 aliphatic carbocycles. The van der Waals surface area contributed by atoms with E-state index in [1.54, 1.807) is 0 Å². The molecule has 0 bridgehead atoms. The van der Waals surface area contributed by atoms with Crippen LogP contribution in [0.5, 0.6) is 0 Å². The van der Waals surface area contributed by atoms with Crippen molar-refractivity contribution >= 4 is 11.6 Å². The zero-order valence-corrected chi connectivity index (χ0v) is 10.4. The molecule has 13 heavy (non-hydrogen) atoms. The summed E-state index contributed by atoms with van der Waals surface area (Å²) in [6.07, 6.45) is 0. The van der Waals surface area contributed by atoms with Crippen molar-refractivity contribution in [1.82, 2.24) is 0 Å². The van der Waals surface area contributed by atoms with Crippen LogP contribution < -0.4 is 0 Å². The summed E-state index contributed by atoms with van der Waals surface area (Å²) in [6, 6.07) is 6.00.